The molecule has 2 aromatic heterocycles. The van der Waals surface area contributed by atoms with Crippen LogP contribution < -0.4 is 5.32 Å². The first-order valence-electron chi connectivity index (χ1n) is 7.69. The predicted octanol–water partition coefficient (Wildman–Crippen LogP) is 2.29. The van der Waals surface area contributed by atoms with Gasteiger partial charge in [0.15, 0.2) is 5.69 Å². The summed E-state index contributed by atoms with van der Waals surface area (Å²) in [7, 11) is 1.65. The van der Waals surface area contributed by atoms with E-state index >= 15 is 0 Å². The van der Waals surface area contributed by atoms with Gasteiger partial charge in [-0.05, 0) is 41.8 Å². The van der Waals surface area contributed by atoms with Crippen LogP contribution in [-0.4, -0.2) is 25.8 Å². The van der Waals surface area contributed by atoms with Crippen LogP contribution in [0.5, 0.6) is 0 Å². The Balaban J connectivity index is 1.66. The van der Waals surface area contributed by atoms with Crippen molar-refractivity contribution in [2.24, 2.45) is 7.05 Å². The van der Waals surface area contributed by atoms with Gasteiger partial charge in [-0.15, -0.1) is 0 Å². The fourth-order valence-corrected chi connectivity index (χ4v) is 2.43. The highest BCUT2D eigenvalue weighted by molar-refractivity contribution is 6.02. The molecule has 7 heteroatoms. The summed E-state index contributed by atoms with van der Waals surface area (Å²) < 4.78 is 14.7. The first kappa shape index (κ1) is 16.8. The first-order valence-corrected chi connectivity index (χ1v) is 7.69. The van der Waals surface area contributed by atoms with Gasteiger partial charge in [-0.3, -0.25) is 9.48 Å². The first-order chi connectivity index (χ1) is 12.0. The fraction of sp³-hybridized carbons (Fsp3) is 0.167. The smallest absolute Gasteiger partial charge is 0.277 e. The highest BCUT2D eigenvalue weighted by atomic mass is 19.1. The molecule has 0 bridgehead atoms. The summed E-state index contributed by atoms with van der Waals surface area (Å²) in [5, 5.41) is 15.8. The van der Waals surface area contributed by atoms with Crippen molar-refractivity contribution in [3.05, 3.63) is 77.0 Å². The minimum atomic E-state index is -0.402. The molecule has 0 aliphatic carbocycles. The van der Waals surface area contributed by atoms with E-state index < -0.39 is 5.91 Å². The van der Waals surface area contributed by atoms with E-state index in [-0.39, 0.29) is 18.1 Å². The van der Waals surface area contributed by atoms with Gasteiger partial charge in [-0.25, -0.2) is 9.37 Å². The maximum atomic E-state index is 13.2. The molecule has 3 rings (SSSR count). The number of aliphatic hydroxyl groups is 1. The van der Waals surface area contributed by atoms with Crippen LogP contribution in [0.1, 0.15) is 27.3 Å². The largest absolute Gasteiger partial charge is 0.390 e. The summed E-state index contributed by atoms with van der Waals surface area (Å²) in [4.78, 5) is 16.4. The predicted molar refractivity (Wildman–Crippen MR) is 90.5 cm³/mol. The van der Waals surface area contributed by atoms with Crippen molar-refractivity contribution in [1.82, 2.24) is 14.8 Å². The number of carbonyl (C=O) groups excluding carboxylic acids is 1. The van der Waals surface area contributed by atoms with Crippen LogP contribution >= 0.6 is 0 Å². The number of hydrogen-bond acceptors (Lipinski definition) is 4. The molecule has 0 fully saturated rings. The Hall–Kier alpha value is -3.06. The van der Waals surface area contributed by atoms with Crippen LogP contribution in [0.15, 0.2) is 48.7 Å². The van der Waals surface area contributed by atoms with Gasteiger partial charge in [0.05, 0.1) is 12.3 Å². The Kier molecular flexibility index (Phi) is 4.85. The van der Waals surface area contributed by atoms with Gasteiger partial charge < -0.3 is 10.4 Å². The van der Waals surface area contributed by atoms with Crippen molar-refractivity contribution in [2.45, 2.75) is 13.0 Å². The number of aromatic nitrogens is 3. The van der Waals surface area contributed by atoms with Gasteiger partial charge in [0.2, 0.25) is 0 Å². The Labute approximate surface area is 144 Å². The molecule has 0 unspecified atom stereocenters. The summed E-state index contributed by atoms with van der Waals surface area (Å²) in [6.45, 7) is -0.191. The van der Waals surface area contributed by atoms with Gasteiger partial charge in [-0.1, -0.05) is 18.2 Å². The third-order valence-corrected chi connectivity index (χ3v) is 3.73. The van der Waals surface area contributed by atoms with Gasteiger partial charge in [0, 0.05) is 13.2 Å². The quantitative estimate of drug-likeness (QED) is 0.747. The minimum absolute atomic E-state index is 0.191. The van der Waals surface area contributed by atoms with Crippen LogP contribution in [0.4, 0.5) is 10.2 Å². The number of amides is 1. The number of hydrogen-bond donors (Lipinski definition) is 2. The molecule has 6 nitrogen and oxygen atoms in total. The van der Waals surface area contributed by atoms with Gasteiger partial charge in [0.1, 0.15) is 11.6 Å². The summed E-state index contributed by atoms with van der Waals surface area (Å²) in [5.74, 6) is -0.281. The standard InChI is InChI=1S/C18H17FN4O2/c1-23-15(11-24)9-16(22-23)18(25)21-17-6-5-13(10-20-17)7-12-3-2-4-14(19)8-12/h2-6,8-10,24H,7,11H2,1H3,(H,20,21,25). The summed E-state index contributed by atoms with van der Waals surface area (Å²) in [6, 6.07) is 11.4. The number of anilines is 1. The maximum Gasteiger partial charge on any atom is 0.277 e. The third kappa shape index (κ3) is 4.07. The Morgan fingerprint density at radius 3 is 2.72 bits per heavy atom. The number of aliphatic hydroxyl groups excluding tert-OH is 1. The van der Waals surface area contributed by atoms with Crippen molar-refractivity contribution < 1.29 is 14.3 Å². The Bertz CT molecular complexity index is 890. The van der Waals surface area contributed by atoms with Crippen molar-refractivity contribution in [2.75, 3.05) is 5.32 Å². The summed E-state index contributed by atoms with van der Waals surface area (Å²) in [6.07, 6.45) is 2.19. The van der Waals surface area contributed by atoms with Gasteiger partial charge in [0.25, 0.3) is 5.91 Å². The van der Waals surface area contributed by atoms with Crippen molar-refractivity contribution >= 4 is 11.7 Å². The molecule has 128 valence electrons. The second-order valence-corrected chi connectivity index (χ2v) is 5.62. The lowest BCUT2D eigenvalue weighted by atomic mass is 10.1. The average Bonchev–Trinajstić information content (AvgIpc) is 2.98. The molecular weight excluding hydrogens is 323 g/mol. The van der Waals surface area contributed by atoms with Crippen molar-refractivity contribution in [3.63, 3.8) is 0 Å². The molecule has 2 N–H and O–H groups in total. The van der Waals surface area contributed by atoms with E-state index in [1.54, 1.807) is 25.4 Å². The molecule has 0 radical (unpaired) electrons. The number of rotatable bonds is 5. The van der Waals surface area contributed by atoms with Crippen LogP contribution in [0.25, 0.3) is 0 Å². The zero-order valence-corrected chi connectivity index (χ0v) is 13.6. The molecule has 0 atom stereocenters. The molecule has 25 heavy (non-hydrogen) atoms. The number of aryl methyl sites for hydroxylation is 1. The fourth-order valence-electron chi connectivity index (χ4n) is 2.43. The number of carbonyl (C=O) groups is 1. The van der Waals surface area contributed by atoms with Crippen molar-refractivity contribution in [3.8, 4) is 0 Å². The van der Waals surface area contributed by atoms with Gasteiger partial charge in [-0.2, -0.15) is 5.10 Å². The topological polar surface area (TPSA) is 80.0 Å². The van der Waals surface area contributed by atoms with E-state index in [0.29, 0.717) is 17.9 Å². The molecule has 0 saturated carbocycles. The SMILES string of the molecule is Cn1nc(C(=O)Nc2ccc(Cc3cccc(F)c3)cn2)cc1CO. The van der Waals surface area contributed by atoms with Crippen LogP contribution in [0, 0.1) is 5.82 Å². The van der Waals surface area contributed by atoms with E-state index in [1.807, 2.05) is 12.1 Å². The van der Waals surface area contributed by atoms with Crippen LogP contribution in [-0.2, 0) is 20.1 Å². The molecule has 0 aliphatic heterocycles. The molecule has 0 spiro atoms. The third-order valence-electron chi connectivity index (χ3n) is 3.73. The van der Waals surface area contributed by atoms with E-state index in [1.165, 1.54) is 22.9 Å². The lowest BCUT2D eigenvalue weighted by molar-refractivity contribution is 0.102. The molecule has 0 aliphatic rings. The Morgan fingerprint density at radius 1 is 1.24 bits per heavy atom. The number of pyridine rings is 1. The second-order valence-electron chi connectivity index (χ2n) is 5.62. The van der Waals surface area contributed by atoms with Crippen molar-refractivity contribution in [1.29, 1.82) is 0 Å². The Morgan fingerprint density at radius 2 is 2.08 bits per heavy atom. The lowest BCUT2D eigenvalue weighted by Crippen LogP contribution is -2.14. The number of halogens is 1. The normalized spacial score (nSPS) is 10.7. The minimum Gasteiger partial charge on any atom is -0.390 e. The van der Waals surface area contributed by atoms with E-state index in [2.05, 4.69) is 15.4 Å². The van der Waals surface area contributed by atoms with E-state index in [0.717, 1.165) is 11.1 Å². The van der Waals surface area contributed by atoms with Gasteiger partial charge >= 0.3 is 0 Å². The zero-order chi connectivity index (χ0) is 17.8. The summed E-state index contributed by atoms with van der Waals surface area (Å²) in [5.41, 5.74) is 2.51. The maximum absolute atomic E-state index is 13.2. The monoisotopic (exact) mass is 340 g/mol. The molecule has 0 saturated heterocycles. The lowest BCUT2D eigenvalue weighted by Gasteiger charge is -2.05. The average molecular weight is 340 g/mol. The second kappa shape index (κ2) is 7.23. The number of nitrogens with zero attached hydrogens (tertiary/aromatic N) is 3. The molecule has 1 aromatic carbocycles. The molecular formula is C18H17FN4O2. The molecule has 1 amide bonds. The zero-order valence-electron chi connectivity index (χ0n) is 13.6. The van der Waals surface area contributed by atoms with Crippen LogP contribution in [0.3, 0.4) is 0 Å². The highest BCUT2D eigenvalue weighted by Crippen LogP contribution is 2.13. The molecule has 2 heterocycles. The highest BCUT2D eigenvalue weighted by Gasteiger charge is 2.13. The molecule has 3 aromatic rings. The number of benzene rings is 1. The van der Waals surface area contributed by atoms with E-state index in [9.17, 15) is 9.18 Å². The van der Waals surface area contributed by atoms with E-state index in [4.69, 9.17) is 5.11 Å². The van der Waals surface area contributed by atoms with Crippen LogP contribution in [0.2, 0.25) is 0 Å². The summed E-state index contributed by atoms with van der Waals surface area (Å²) >= 11 is 0. The number of nitrogens with one attached hydrogen (secondary N) is 1.